The van der Waals surface area contributed by atoms with Gasteiger partial charge in [0.1, 0.15) is 18.1 Å². The van der Waals surface area contributed by atoms with Crippen LogP contribution >= 0.6 is 11.3 Å². The number of ether oxygens (including phenoxy) is 4. The lowest BCUT2D eigenvalue weighted by atomic mass is 9.95. The van der Waals surface area contributed by atoms with Crippen LogP contribution in [0.4, 0.5) is 0 Å². The van der Waals surface area contributed by atoms with E-state index in [1.807, 2.05) is 30.3 Å². The lowest BCUT2D eigenvalue weighted by Gasteiger charge is -2.25. The molecule has 5 rings (SSSR count). The summed E-state index contributed by atoms with van der Waals surface area (Å²) in [5.74, 6) is 0.0912. The molecule has 0 amide bonds. The predicted octanol–water partition coefficient (Wildman–Crippen LogP) is 3.78. The molecule has 0 spiro atoms. The molecule has 2 heterocycles. The summed E-state index contributed by atoms with van der Waals surface area (Å²) in [7, 11) is 4.42. The number of thiazole rings is 1. The summed E-state index contributed by atoms with van der Waals surface area (Å²) in [6.07, 6.45) is 1.72. The van der Waals surface area contributed by atoms with Gasteiger partial charge in [-0.05, 0) is 54.5 Å². The second-order valence-corrected chi connectivity index (χ2v) is 10.4. The van der Waals surface area contributed by atoms with E-state index >= 15 is 0 Å². The minimum absolute atomic E-state index is 0.0600. The first-order chi connectivity index (χ1) is 20.3. The quantitative estimate of drug-likeness (QED) is 0.290. The van der Waals surface area contributed by atoms with Crippen molar-refractivity contribution in [1.29, 1.82) is 0 Å². The molecule has 1 aliphatic heterocycles. The highest BCUT2D eigenvalue weighted by Crippen LogP contribution is 2.31. The van der Waals surface area contributed by atoms with Crippen LogP contribution in [0.3, 0.4) is 0 Å². The average Bonchev–Trinajstić information content (AvgIpc) is 3.32. The summed E-state index contributed by atoms with van der Waals surface area (Å²) in [5.41, 5.74) is 2.75. The maximum atomic E-state index is 14.0. The molecule has 0 saturated heterocycles. The number of esters is 2. The van der Waals surface area contributed by atoms with Crippen molar-refractivity contribution in [3.05, 3.63) is 126 Å². The Bertz CT molecular complexity index is 1860. The molecule has 9 nitrogen and oxygen atoms in total. The average molecular weight is 585 g/mol. The van der Waals surface area contributed by atoms with Gasteiger partial charge < -0.3 is 18.9 Å². The van der Waals surface area contributed by atoms with Crippen molar-refractivity contribution < 1.29 is 28.5 Å². The Morgan fingerprint density at radius 1 is 0.952 bits per heavy atom. The number of benzene rings is 3. The van der Waals surface area contributed by atoms with E-state index in [2.05, 4.69) is 4.99 Å². The zero-order chi connectivity index (χ0) is 29.8. The number of allylic oxidation sites excluding steroid dienone is 1. The third-order valence-electron chi connectivity index (χ3n) is 6.83. The summed E-state index contributed by atoms with van der Waals surface area (Å²) in [6.45, 7) is 1.78. The molecule has 214 valence electrons. The molecule has 1 aromatic heterocycles. The Hall–Kier alpha value is -4.96. The first-order valence-corrected chi connectivity index (χ1v) is 13.8. The Kier molecular flexibility index (Phi) is 8.35. The van der Waals surface area contributed by atoms with Crippen LogP contribution in [-0.2, 0) is 20.9 Å². The van der Waals surface area contributed by atoms with Gasteiger partial charge >= 0.3 is 11.9 Å². The summed E-state index contributed by atoms with van der Waals surface area (Å²) in [6, 6.07) is 20.4. The van der Waals surface area contributed by atoms with Crippen molar-refractivity contribution in [2.75, 3.05) is 21.3 Å². The van der Waals surface area contributed by atoms with Gasteiger partial charge in [0.15, 0.2) is 4.80 Å². The molecule has 0 radical (unpaired) electrons. The first-order valence-electron chi connectivity index (χ1n) is 13.0. The zero-order valence-electron chi connectivity index (χ0n) is 23.5. The van der Waals surface area contributed by atoms with E-state index in [9.17, 15) is 14.4 Å². The van der Waals surface area contributed by atoms with Crippen LogP contribution < -0.4 is 24.4 Å². The molecule has 0 bridgehead atoms. The van der Waals surface area contributed by atoms with Gasteiger partial charge in [0.2, 0.25) is 0 Å². The zero-order valence-corrected chi connectivity index (χ0v) is 24.3. The Morgan fingerprint density at radius 3 is 2.36 bits per heavy atom. The number of fused-ring (bicyclic) bond motifs is 1. The van der Waals surface area contributed by atoms with Gasteiger partial charge in [-0.15, -0.1) is 0 Å². The molecule has 0 saturated carbocycles. The molecule has 42 heavy (non-hydrogen) atoms. The fourth-order valence-corrected chi connectivity index (χ4v) is 5.75. The van der Waals surface area contributed by atoms with Crippen LogP contribution in [0.1, 0.15) is 40.0 Å². The number of methoxy groups -OCH3 is 3. The van der Waals surface area contributed by atoms with Crippen LogP contribution in [-0.4, -0.2) is 37.8 Å². The Balaban J connectivity index is 1.64. The van der Waals surface area contributed by atoms with Crippen LogP contribution in [0.15, 0.2) is 93.9 Å². The summed E-state index contributed by atoms with van der Waals surface area (Å²) < 4.78 is 23.3. The monoisotopic (exact) mass is 584 g/mol. The van der Waals surface area contributed by atoms with E-state index in [0.29, 0.717) is 43.2 Å². The third-order valence-corrected chi connectivity index (χ3v) is 7.81. The molecule has 0 N–H and O–H groups in total. The minimum Gasteiger partial charge on any atom is -0.497 e. The number of rotatable bonds is 8. The van der Waals surface area contributed by atoms with E-state index in [0.717, 1.165) is 5.56 Å². The van der Waals surface area contributed by atoms with Gasteiger partial charge in [-0.1, -0.05) is 53.8 Å². The molecule has 4 aromatic rings. The highest BCUT2D eigenvalue weighted by Gasteiger charge is 2.33. The third kappa shape index (κ3) is 5.61. The van der Waals surface area contributed by atoms with Gasteiger partial charge in [-0.3, -0.25) is 9.36 Å². The fraction of sp³-hybridized carbons (Fsp3) is 0.188. The van der Waals surface area contributed by atoms with Crippen LogP contribution in [0.2, 0.25) is 0 Å². The Morgan fingerprint density at radius 2 is 1.69 bits per heavy atom. The summed E-state index contributed by atoms with van der Waals surface area (Å²) >= 11 is 1.20. The number of aromatic nitrogens is 1. The van der Waals surface area contributed by atoms with Gasteiger partial charge in [0, 0.05) is 5.56 Å². The maximum Gasteiger partial charge on any atom is 0.338 e. The van der Waals surface area contributed by atoms with E-state index < -0.39 is 18.0 Å². The first kappa shape index (κ1) is 28.6. The number of hydrogen-bond acceptors (Lipinski definition) is 9. The van der Waals surface area contributed by atoms with Crippen LogP contribution in [0.25, 0.3) is 6.08 Å². The molecule has 1 aliphatic rings. The van der Waals surface area contributed by atoms with Gasteiger partial charge in [-0.2, -0.15) is 0 Å². The predicted molar refractivity (Wildman–Crippen MR) is 157 cm³/mol. The second-order valence-electron chi connectivity index (χ2n) is 9.37. The summed E-state index contributed by atoms with van der Waals surface area (Å²) in [5, 5.41) is 0. The standard InChI is InChI=1S/C32H28N2O7S/c1-19-27(31(37)41-18-20-8-6-5-7-9-20)28(21-10-12-22(13-11-21)30(36)40-4)34-29(35)26(42-32(34)33-19)17-23-16-24(38-2)14-15-25(23)39-3/h5-17,28H,18H2,1-4H3. The second kappa shape index (κ2) is 12.3. The van der Waals surface area contributed by atoms with Gasteiger partial charge in [-0.25, -0.2) is 14.6 Å². The highest BCUT2D eigenvalue weighted by atomic mass is 32.1. The van der Waals surface area contributed by atoms with Crippen molar-refractivity contribution in [2.24, 2.45) is 4.99 Å². The lowest BCUT2D eigenvalue weighted by Crippen LogP contribution is -2.39. The van der Waals surface area contributed by atoms with E-state index in [4.69, 9.17) is 18.9 Å². The molecule has 1 unspecified atom stereocenters. The molecule has 10 heteroatoms. The highest BCUT2D eigenvalue weighted by molar-refractivity contribution is 7.07. The largest absolute Gasteiger partial charge is 0.497 e. The molecular formula is C32H28N2O7S. The van der Waals surface area contributed by atoms with Crippen molar-refractivity contribution in [3.8, 4) is 11.5 Å². The van der Waals surface area contributed by atoms with Crippen LogP contribution in [0, 0.1) is 0 Å². The van der Waals surface area contributed by atoms with Crippen molar-refractivity contribution in [2.45, 2.75) is 19.6 Å². The summed E-state index contributed by atoms with van der Waals surface area (Å²) in [4.78, 5) is 44.7. The maximum absolute atomic E-state index is 14.0. The number of hydrogen-bond donors (Lipinski definition) is 0. The van der Waals surface area contributed by atoms with E-state index in [-0.39, 0.29) is 17.7 Å². The Labute approximate surface area is 245 Å². The molecule has 0 aliphatic carbocycles. The van der Waals surface area contributed by atoms with Gasteiger partial charge in [0.05, 0.1) is 48.7 Å². The van der Waals surface area contributed by atoms with E-state index in [1.54, 1.807) is 69.7 Å². The fourth-order valence-electron chi connectivity index (χ4n) is 4.71. The van der Waals surface area contributed by atoms with Crippen LogP contribution in [0.5, 0.6) is 11.5 Å². The van der Waals surface area contributed by atoms with Crippen molar-refractivity contribution >= 4 is 29.4 Å². The minimum atomic E-state index is -0.842. The molecule has 0 fully saturated rings. The SMILES string of the molecule is COC(=O)c1ccc(C2C(C(=O)OCc3ccccc3)=C(C)N=c3sc(=Cc4cc(OC)ccc4OC)c(=O)n32)cc1. The molecular weight excluding hydrogens is 556 g/mol. The number of carbonyl (C=O) groups is 2. The van der Waals surface area contributed by atoms with Gasteiger partial charge in [0.25, 0.3) is 5.56 Å². The normalized spacial score (nSPS) is 14.6. The van der Waals surface area contributed by atoms with Crippen molar-refractivity contribution in [3.63, 3.8) is 0 Å². The molecule has 3 aromatic carbocycles. The van der Waals surface area contributed by atoms with E-state index in [1.165, 1.54) is 23.0 Å². The smallest absolute Gasteiger partial charge is 0.338 e. The lowest BCUT2D eigenvalue weighted by molar-refractivity contribution is -0.140. The number of carbonyl (C=O) groups excluding carboxylic acids is 2. The van der Waals surface area contributed by atoms with Crippen molar-refractivity contribution in [1.82, 2.24) is 4.57 Å². The number of nitrogens with zero attached hydrogens (tertiary/aromatic N) is 2. The molecule has 1 atom stereocenters. The topological polar surface area (TPSA) is 105 Å².